The summed E-state index contributed by atoms with van der Waals surface area (Å²) in [4.78, 5) is 24.1. The molecule has 1 aliphatic heterocycles. The van der Waals surface area contributed by atoms with Crippen LogP contribution >= 0.6 is 0 Å². The third-order valence-electron chi connectivity index (χ3n) is 6.26. The molecule has 8 heteroatoms. The monoisotopic (exact) mass is 471 g/mol. The van der Waals surface area contributed by atoms with Crippen molar-refractivity contribution in [3.63, 3.8) is 0 Å². The van der Waals surface area contributed by atoms with Crippen LogP contribution in [0.5, 0.6) is 0 Å². The zero-order chi connectivity index (χ0) is 24.2. The normalized spacial score (nSPS) is 14.2. The van der Waals surface area contributed by atoms with Crippen molar-refractivity contribution in [3.8, 4) is 22.8 Å². The zero-order valence-electron chi connectivity index (χ0n) is 19.4. The van der Waals surface area contributed by atoms with Crippen LogP contribution < -0.4 is 10.2 Å². The van der Waals surface area contributed by atoms with Gasteiger partial charge in [0, 0.05) is 37.3 Å². The number of nitrogens with one attached hydrogen (secondary N) is 1. The van der Waals surface area contributed by atoms with E-state index in [-0.39, 0.29) is 17.6 Å². The van der Waals surface area contributed by atoms with Crippen LogP contribution in [0.4, 0.5) is 10.2 Å². The molecule has 4 aromatic rings. The van der Waals surface area contributed by atoms with Crippen LogP contribution in [0.2, 0.25) is 0 Å². The Hall–Kier alpha value is -4.07. The number of benzene rings is 2. The quantitative estimate of drug-likeness (QED) is 0.436. The number of anilines is 1. The fourth-order valence-corrected chi connectivity index (χ4v) is 4.34. The first-order chi connectivity index (χ1) is 17.1. The van der Waals surface area contributed by atoms with Crippen molar-refractivity contribution in [1.82, 2.24) is 20.4 Å². The van der Waals surface area contributed by atoms with Crippen molar-refractivity contribution < 1.29 is 13.7 Å². The lowest BCUT2D eigenvalue weighted by Gasteiger charge is -2.32. The molecule has 35 heavy (non-hydrogen) atoms. The minimum Gasteiger partial charge on any atom is -0.356 e. The molecule has 1 fully saturated rings. The average Bonchev–Trinajstić information content (AvgIpc) is 3.39. The van der Waals surface area contributed by atoms with E-state index in [9.17, 15) is 9.18 Å². The van der Waals surface area contributed by atoms with E-state index in [1.165, 1.54) is 12.1 Å². The molecule has 5 rings (SSSR count). The van der Waals surface area contributed by atoms with Crippen molar-refractivity contribution in [3.05, 3.63) is 83.8 Å². The average molecular weight is 472 g/mol. The number of amides is 1. The summed E-state index contributed by atoms with van der Waals surface area (Å²) in [6.07, 6.45) is 3.17. The summed E-state index contributed by atoms with van der Waals surface area (Å²) >= 11 is 0. The van der Waals surface area contributed by atoms with Crippen LogP contribution in [0.25, 0.3) is 22.8 Å². The van der Waals surface area contributed by atoms with Gasteiger partial charge in [-0.05, 0) is 55.7 Å². The number of halogens is 1. The Labute approximate surface area is 203 Å². The van der Waals surface area contributed by atoms with Crippen molar-refractivity contribution in [2.24, 2.45) is 5.92 Å². The number of hydrogen-bond donors (Lipinski definition) is 1. The zero-order valence-corrected chi connectivity index (χ0v) is 19.4. The topological polar surface area (TPSA) is 84.2 Å². The van der Waals surface area contributed by atoms with Gasteiger partial charge in [0.2, 0.25) is 11.7 Å². The Morgan fingerprint density at radius 1 is 1.11 bits per heavy atom. The highest BCUT2D eigenvalue weighted by atomic mass is 19.1. The molecule has 0 spiro atoms. The Balaban J connectivity index is 1.24. The largest absolute Gasteiger partial charge is 0.356 e. The fraction of sp³-hybridized carbons (Fsp3) is 0.259. The van der Waals surface area contributed by atoms with E-state index in [2.05, 4.69) is 25.3 Å². The van der Waals surface area contributed by atoms with Crippen LogP contribution in [0, 0.1) is 18.7 Å². The molecular weight excluding hydrogens is 445 g/mol. The van der Waals surface area contributed by atoms with Gasteiger partial charge in [0.05, 0.1) is 5.56 Å². The van der Waals surface area contributed by atoms with Gasteiger partial charge in [-0.1, -0.05) is 41.1 Å². The Morgan fingerprint density at radius 2 is 1.91 bits per heavy atom. The second-order valence-electron chi connectivity index (χ2n) is 8.77. The number of rotatable bonds is 6. The Bertz CT molecular complexity index is 1310. The van der Waals surface area contributed by atoms with Crippen molar-refractivity contribution in [1.29, 1.82) is 0 Å². The third-order valence-corrected chi connectivity index (χ3v) is 6.26. The summed E-state index contributed by atoms with van der Waals surface area (Å²) in [5.74, 6) is 1.40. The highest BCUT2D eigenvalue weighted by Gasteiger charge is 2.27. The molecule has 0 atom stereocenters. The van der Waals surface area contributed by atoms with E-state index < -0.39 is 0 Å². The van der Waals surface area contributed by atoms with Gasteiger partial charge in [0.1, 0.15) is 11.6 Å². The van der Waals surface area contributed by atoms with Gasteiger partial charge in [0.25, 0.3) is 5.89 Å². The second kappa shape index (κ2) is 10.0. The van der Waals surface area contributed by atoms with Crippen LogP contribution in [-0.2, 0) is 11.3 Å². The molecule has 1 saturated heterocycles. The Morgan fingerprint density at radius 3 is 2.69 bits per heavy atom. The van der Waals surface area contributed by atoms with E-state index in [4.69, 9.17) is 4.52 Å². The molecule has 0 bridgehead atoms. The molecule has 2 aromatic carbocycles. The maximum absolute atomic E-state index is 13.1. The maximum atomic E-state index is 13.1. The molecule has 0 aliphatic carbocycles. The van der Waals surface area contributed by atoms with Gasteiger partial charge < -0.3 is 14.7 Å². The summed E-state index contributed by atoms with van der Waals surface area (Å²) in [6, 6.07) is 17.9. The number of piperidine rings is 1. The summed E-state index contributed by atoms with van der Waals surface area (Å²) in [7, 11) is 0. The van der Waals surface area contributed by atoms with Crippen molar-refractivity contribution in [2.75, 3.05) is 18.0 Å². The third kappa shape index (κ3) is 5.21. The molecule has 3 heterocycles. The summed E-state index contributed by atoms with van der Waals surface area (Å²) < 4.78 is 18.7. The van der Waals surface area contributed by atoms with E-state index in [1.54, 1.807) is 18.3 Å². The van der Waals surface area contributed by atoms with Gasteiger partial charge in [-0.3, -0.25) is 4.79 Å². The predicted octanol–water partition coefficient (Wildman–Crippen LogP) is 4.78. The molecule has 1 N–H and O–H groups in total. The first-order valence-corrected chi connectivity index (χ1v) is 11.7. The second-order valence-corrected chi connectivity index (χ2v) is 8.77. The lowest BCUT2D eigenvalue weighted by atomic mass is 9.95. The van der Waals surface area contributed by atoms with Crippen molar-refractivity contribution in [2.45, 2.75) is 26.3 Å². The molecule has 7 nitrogen and oxygen atoms in total. The van der Waals surface area contributed by atoms with Crippen LogP contribution in [0.1, 0.15) is 24.0 Å². The van der Waals surface area contributed by atoms with E-state index in [0.29, 0.717) is 44.2 Å². The number of pyridine rings is 1. The number of aromatic nitrogens is 3. The molecular formula is C27H26FN5O2. The summed E-state index contributed by atoms with van der Waals surface area (Å²) in [5, 5.41) is 7.14. The minimum atomic E-state index is -0.284. The van der Waals surface area contributed by atoms with Gasteiger partial charge >= 0.3 is 0 Å². The first-order valence-electron chi connectivity index (χ1n) is 11.7. The standard InChI is InChI=1S/C27H26FN5O2/c1-18-4-2-5-21(16-18)24-31-27(35-32-24)23-6-3-13-29-25(23)33-14-11-20(12-15-33)26(34)30-17-19-7-9-22(28)10-8-19/h2-10,13,16,20H,11-12,14-15,17H2,1H3,(H,30,34). The SMILES string of the molecule is Cc1cccc(-c2noc(-c3cccnc3N3CCC(C(=O)NCc4ccc(F)cc4)CC3)n2)c1. The number of carbonyl (C=O) groups is 1. The Kier molecular flexibility index (Phi) is 6.52. The summed E-state index contributed by atoms with van der Waals surface area (Å²) in [6.45, 7) is 3.80. The highest BCUT2D eigenvalue weighted by Crippen LogP contribution is 2.32. The highest BCUT2D eigenvalue weighted by molar-refractivity contribution is 5.79. The van der Waals surface area contributed by atoms with Gasteiger partial charge in [0.15, 0.2) is 0 Å². The molecule has 1 aliphatic rings. The fourth-order valence-electron chi connectivity index (χ4n) is 4.34. The van der Waals surface area contributed by atoms with Crippen LogP contribution in [0.15, 0.2) is 71.4 Å². The molecule has 1 amide bonds. The first kappa shape index (κ1) is 22.7. The summed E-state index contributed by atoms with van der Waals surface area (Å²) in [5.41, 5.74) is 3.68. The molecule has 0 radical (unpaired) electrons. The van der Waals surface area contributed by atoms with Crippen molar-refractivity contribution >= 4 is 11.7 Å². The maximum Gasteiger partial charge on any atom is 0.261 e. The van der Waals surface area contributed by atoms with Gasteiger partial charge in [-0.2, -0.15) is 4.98 Å². The molecule has 0 unspecified atom stereocenters. The minimum absolute atomic E-state index is 0.0231. The predicted molar refractivity (Wildman–Crippen MR) is 131 cm³/mol. The smallest absolute Gasteiger partial charge is 0.261 e. The lowest BCUT2D eigenvalue weighted by molar-refractivity contribution is -0.125. The number of nitrogens with zero attached hydrogens (tertiary/aromatic N) is 4. The van der Waals surface area contributed by atoms with Gasteiger partial charge in [-0.25, -0.2) is 9.37 Å². The van der Waals surface area contributed by atoms with Crippen LogP contribution in [0.3, 0.4) is 0 Å². The lowest BCUT2D eigenvalue weighted by Crippen LogP contribution is -2.40. The molecule has 178 valence electrons. The number of carbonyl (C=O) groups excluding carboxylic acids is 1. The molecule has 2 aromatic heterocycles. The number of hydrogen-bond acceptors (Lipinski definition) is 6. The van der Waals surface area contributed by atoms with E-state index >= 15 is 0 Å². The van der Waals surface area contributed by atoms with E-state index in [1.807, 2.05) is 43.3 Å². The van der Waals surface area contributed by atoms with Crippen LogP contribution in [-0.4, -0.2) is 34.1 Å². The van der Waals surface area contributed by atoms with Gasteiger partial charge in [-0.15, -0.1) is 0 Å². The number of aryl methyl sites for hydroxylation is 1. The molecule has 0 saturated carbocycles. The van der Waals surface area contributed by atoms with E-state index in [0.717, 1.165) is 28.1 Å².